The lowest BCUT2D eigenvalue weighted by atomic mass is 10.5. The first-order chi connectivity index (χ1) is 4.74. The molecule has 0 saturated heterocycles. The average Bonchev–Trinajstić information content (AvgIpc) is 2.34. The molecule has 0 unspecified atom stereocenters. The number of hydroxylamine groups is 1. The number of nitrogens with two attached hydrogens (primary N) is 1. The summed E-state index contributed by atoms with van der Waals surface area (Å²) in [6.07, 6.45) is 0. The lowest BCUT2D eigenvalue weighted by molar-refractivity contribution is 0.0701. The molecule has 0 atom stereocenters. The Labute approximate surface area is 60.5 Å². The Bertz CT molecular complexity index is 246. The van der Waals surface area contributed by atoms with Gasteiger partial charge >= 0.3 is 0 Å². The van der Waals surface area contributed by atoms with Crippen LogP contribution in [-0.2, 0) is 0 Å². The Morgan fingerprint density at radius 1 is 1.90 bits per heavy atom. The topological polar surface area (TPSA) is 88.2 Å². The third-order valence-electron chi connectivity index (χ3n) is 0.856. The van der Waals surface area contributed by atoms with Crippen LogP contribution in [0.5, 0.6) is 0 Å². The molecule has 1 amide bonds. The summed E-state index contributed by atoms with van der Waals surface area (Å²) in [5, 5.41) is 9.89. The first-order valence-electron chi connectivity index (χ1n) is 2.39. The SMILES string of the molecule is Nc1nc(C(=O)NO)cs1. The van der Waals surface area contributed by atoms with Gasteiger partial charge in [0.05, 0.1) is 0 Å². The largest absolute Gasteiger partial charge is 0.375 e. The monoisotopic (exact) mass is 159 g/mol. The van der Waals surface area contributed by atoms with Crippen LogP contribution in [0, 0.1) is 0 Å². The van der Waals surface area contributed by atoms with Gasteiger partial charge in [-0.25, -0.2) is 10.5 Å². The van der Waals surface area contributed by atoms with Crippen molar-refractivity contribution in [3.63, 3.8) is 0 Å². The lowest BCUT2D eigenvalue weighted by Gasteiger charge is -1.88. The predicted molar refractivity (Wildman–Crippen MR) is 35.8 cm³/mol. The number of carbonyl (C=O) groups is 1. The summed E-state index contributed by atoms with van der Waals surface area (Å²) in [6, 6.07) is 0. The van der Waals surface area contributed by atoms with Gasteiger partial charge in [0.2, 0.25) is 0 Å². The Balaban J connectivity index is 2.85. The Kier molecular flexibility index (Phi) is 1.83. The van der Waals surface area contributed by atoms with Crippen LogP contribution in [0.25, 0.3) is 0 Å². The summed E-state index contributed by atoms with van der Waals surface area (Å²) in [5.41, 5.74) is 6.79. The minimum atomic E-state index is -0.645. The second kappa shape index (κ2) is 2.63. The van der Waals surface area contributed by atoms with Crippen LogP contribution in [0.1, 0.15) is 10.5 Å². The van der Waals surface area contributed by atoms with Crippen molar-refractivity contribution in [2.45, 2.75) is 0 Å². The van der Waals surface area contributed by atoms with E-state index in [1.807, 2.05) is 0 Å². The Morgan fingerprint density at radius 3 is 3.00 bits per heavy atom. The predicted octanol–water partition coefficient (Wildman–Crippen LogP) is -0.156. The van der Waals surface area contributed by atoms with Crippen molar-refractivity contribution in [1.29, 1.82) is 0 Å². The van der Waals surface area contributed by atoms with Gasteiger partial charge in [-0.1, -0.05) is 0 Å². The van der Waals surface area contributed by atoms with Crippen molar-refractivity contribution >= 4 is 22.4 Å². The molecule has 10 heavy (non-hydrogen) atoms. The van der Waals surface area contributed by atoms with Gasteiger partial charge in [0.15, 0.2) is 5.13 Å². The van der Waals surface area contributed by atoms with Gasteiger partial charge in [0, 0.05) is 5.38 Å². The molecular weight excluding hydrogens is 154 g/mol. The van der Waals surface area contributed by atoms with Crippen molar-refractivity contribution in [3.8, 4) is 0 Å². The maximum atomic E-state index is 10.6. The molecule has 0 saturated carbocycles. The number of thiazole rings is 1. The molecule has 5 nitrogen and oxygen atoms in total. The number of amides is 1. The molecule has 0 spiro atoms. The quantitative estimate of drug-likeness (QED) is 0.392. The van der Waals surface area contributed by atoms with Crippen molar-refractivity contribution in [3.05, 3.63) is 11.1 Å². The van der Waals surface area contributed by atoms with Gasteiger partial charge < -0.3 is 5.73 Å². The molecule has 1 aromatic rings. The number of aromatic nitrogens is 1. The smallest absolute Gasteiger partial charge is 0.294 e. The van der Waals surface area contributed by atoms with Gasteiger partial charge in [-0.3, -0.25) is 10.0 Å². The fourth-order valence-corrected chi connectivity index (χ4v) is 0.992. The van der Waals surface area contributed by atoms with E-state index in [-0.39, 0.29) is 5.69 Å². The zero-order chi connectivity index (χ0) is 7.56. The summed E-state index contributed by atoms with van der Waals surface area (Å²) in [5.74, 6) is -0.645. The van der Waals surface area contributed by atoms with Crippen LogP contribution in [0.3, 0.4) is 0 Å². The minimum absolute atomic E-state index is 0.130. The first kappa shape index (κ1) is 6.97. The fraction of sp³-hybridized carbons (Fsp3) is 0. The maximum Gasteiger partial charge on any atom is 0.294 e. The number of carbonyl (C=O) groups excluding carboxylic acids is 1. The highest BCUT2D eigenvalue weighted by Gasteiger charge is 2.06. The van der Waals surface area contributed by atoms with Crippen LogP contribution in [0.15, 0.2) is 5.38 Å². The average molecular weight is 159 g/mol. The zero-order valence-corrected chi connectivity index (χ0v) is 5.68. The van der Waals surface area contributed by atoms with Gasteiger partial charge in [-0.2, -0.15) is 0 Å². The maximum absolute atomic E-state index is 10.6. The van der Waals surface area contributed by atoms with Crippen LogP contribution in [0.4, 0.5) is 5.13 Å². The number of anilines is 1. The van der Waals surface area contributed by atoms with Crippen LogP contribution in [0.2, 0.25) is 0 Å². The van der Waals surface area contributed by atoms with Crippen LogP contribution < -0.4 is 11.2 Å². The third kappa shape index (κ3) is 1.23. The summed E-state index contributed by atoms with van der Waals surface area (Å²) in [7, 11) is 0. The fourth-order valence-electron chi connectivity index (χ4n) is 0.449. The van der Waals surface area contributed by atoms with E-state index in [0.29, 0.717) is 5.13 Å². The normalized spacial score (nSPS) is 9.30. The molecule has 6 heteroatoms. The second-order valence-electron chi connectivity index (χ2n) is 1.51. The summed E-state index contributed by atoms with van der Waals surface area (Å²) in [6.45, 7) is 0. The third-order valence-corrected chi connectivity index (χ3v) is 1.53. The minimum Gasteiger partial charge on any atom is -0.375 e. The van der Waals surface area contributed by atoms with Crippen molar-refractivity contribution < 1.29 is 10.0 Å². The van der Waals surface area contributed by atoms with Gasteiger partial charge in [0.1, 0.15) is 5.69 Å². The van der Waals surface area contributed by atoms with Crippen LogP contribution in [-0.4, -0.2) is 16.1 Å². The molecule has 0 aliphatic carbocycles. The van der Waals surface area contributed by atoms with E-state index in [4.69, 9.17) is 10.9 Å². The molecule has 1 heterocycles. The van der Waals surface area contributed by atoms with E-state index >= 15 is 0 Å². The molecule has 1 aromatic heterocycles. The Hall–Kier alpha value is -1.14. The molecule has 0 aliphatic heterocycles. The lowest BCUT2D eigenvalue weighted by Crippen LogP contribution is -2.18. The number of nitrogens with zero attached hydrogens (tertiary/aromatic N) is 1. The van der Waals surface area contributed by atoms with Gasteiger partial charge in [-0.15, -0.1) is 11.3 Å². The van der Waals surface area contributed by atoms with Crippen molar-refractivity contribution in [1.82, 2.24) is 10.5 Å². The molecule has 0 aromatic carbocycles. The van der Waals surface area contributed by atoms with Gasteiger partial charge in [0.25, 0.3) is 5.91 Å². The summed E-state index contributed by atoms with van der Waals surface area (Å²) >= 11 is 1.14. The molecule has 0 fully saturated rings. The molecule has 0 aliphatic rings. The van der Waals surface area contributed by atoms with E-state index in [1.165, 1.54) is 10.9 Å². The highest BCUT2D eigenvalue weighted by atomic mass is 32.1. The highest BCUT2D eigenvalue weighted by Crippen LogP contribution is 2.09. The number of hydrogen-bond donors (Lipinski definition) is 3. The molecule has 54 valence electrons. The first-order valence-corrected chi connectivity index (χ1v) is 3.27. The number of nitrogens with one attached hydrogen (secondary N) is 1. The van der Waals surface area contributed by atoms with Gasteiger partial charge in [-0.05, 0) is 0 Å². The van der Waals surface area contributed by atoms with E-state index in [9.17, 15) is 4.79 Å². The van der Waals surface area contributed by atoms with E-state index in [1.54, 1.807) is 0 Å². The van der Waals surface area contributed by atoms with Crippen LogP contribution >= 0.6 is 11.3 Å². The molecule has 0 bridgehead atoms. The van der Waals surface area contributed by atoms with Crippen molar-refractivity contribution in [2.75, 3.05) is 5.73 Å². The van der Waals surface area contributed by atoms with E-state index in [2.05, 4.69) is 4.98 Å². The van der Waals surface area contributed by atoms with Crippen molar-refractivity contribution in [2.24, 2.45) is 0 Å². The number of rotatable bonds is 1. The molecule has 0 radical (unpaired) electrons. The Morgan fingerprint density at radius 2 is 2.60 bits per heavy atom. The molecule has 1 rings (SSSR count). The highest BCUT2D eigenvalue weighted by molar-refractivity contribution is 7.13. The van der Waals surface area contributed by atoms with E-state index in [0.717, 1.165) is 11.3 Å². The summed E-state index contributed by atoms with van der Waals surface area (Å²) < 4.78 is 0. The summed E-state index contributed by atoms with van der Waals surface area (Å²) in [4.78, 5) is 14.2. The molecular formula is C4H5N3O2S. The molecule has 4 N–H and O–H groups in total. The zero-order valence-electron chi connectivity index (χ0n) is 4.87. The number of nitrogen functional groups attached to an aromatic ring is 1. The standard InChI is InChI=1S/C4H5N3O2S/c5-4-6-2(1-10-4)3(8)7-9/h1,9H,(H2,5,6)(H,7,8). The van der Waals surface area contributed by atoms with E-state index < -0.39 is 5.91 Å². The number of hydrogen-bond acceptors (Lipinski definition) is 5. The second-order valence-corrected chi connectivity index (χ2v) is 2.40.